The van der Waals surface area contributed by atoms with E-state index < -0.39 is 10.0 Å². The topological polar surface area (TPSA) is 83.6 Å². The summed E-state index contributed by atoms with van der Waals surface area (Å²) >= 11 is 3.20. The fourth-order valence-corrected chi connectivity index (χ4v) is 4.35. The van der Waals surface area contributed by atoms with Crippen molar-refractivity contribution in [2.24, 2.45) is 5.92 Å². The lowest BCUT2D eigenvalue weighted by atomic mass is 10.1. The van der Waals surface area contributed by atoms with E-state index in [4.69, 9.17) is 10.8 Å². The highest BCUT2D eigenvalue weighted by molar-refractivity contribution is 9.10. The first-order valence-electron chi connectivity index (χ1n) is 5.11. The normalized spacial score (nSPS) is 18.0. The van der Waals surface area contributed by atoms with Crippen molar-refractivity contribution in [3.8, 4) is 0 Å². The first-order chi connectivity index (χ1) is 7.95. The van der Waals surface area contributed by atoms with Gasteiger partial charge in [-0.2, -0.15) is 4.31 Å². The van der Waals surface area contributed by atoms with Crippen molar-refractivity contribution in [3.63, 3.8) is 0 Å². The molecule has 1 aliphatic rings. The molecule has 7 heteroatoms. The largest absolute Gasteiger partial charge is 0.399 e. The van der Waals surface area contributed by atoms with Gasteiger partial charge in [0.2, 0.25) is 10.0 Å². The number of hydrogen-bond donors (Lipinski definition) is 2. The number of halogens is 1. The molecule has 1 fully saturated rings. The van der Waals surface area contributed by atoms with Gasteiger partial charge in [0.1, 0.15) is 0 Å². The third kappa shape index (κ3) is 2.33. The van der Waals surface area contributed by atoms with Gasteiger partial charge in [-0.25, -0.2) is 8.42 Å². The monoisotopic (exact) mass is 320 g/mol. The van der Waals surface area contributed by atoms with Gasteiger partial charge in [-0.05, 0) is 34.1 Å². The van der Waals surface area contributed by atoms with Gasteiger partial charge in [-0.3, -0.25) is 0 Å². The van der Waals surface area contributed by atoms with Crippen molar-refractivity contribution in [2.75, 3.05) is 25.4 Å². The number of hydrogen-bond acceptors (Lipinski definition) is 4. The summed E-state index contributed by atoms with van der Waals surface area (Å²) in [5, 5.41) is 8.88. The van der Waals surface area contributed by atoms with E-state index in [1.807, 2.05) is 0 Å². The van der Waals surface area contributed by atoms with Crippen LogP contribution in [0.15, 0.2) is 27.6 Å². The van der Waals surface area contributed by atoms with Crippen LogP contribution in [-0.2, 0) is 10.0 Å². The van der Waals surface area contributed by atoms with Crippen LogP contribution in [0.3, 0.4) is 0 Å². The summed E-state index contributed by atoms with van der Waals surface area (Å²) in [4.78, 5) is 0.211. The Morgan fingerprint density at radius 1 is 1.47 bits per heavy atom. The molecule has 0 saturated carbocycles. The fraction of sp³-hybridized carbons (Fsp3) is 0.400. The van der Waals surface area contributed by atoms with Crippen LogP contribution in [0.2, 0.25) is 0 Å². The molecule has 0 unspecified atom stereocenters. The molecule has 0 amide bonds. The zero-order valence-electron chi connectivity index (χ0n) is 9.01. The van der Waals surface area contributed by atoms with E-state index in [0.29, 0.717) is 23.2 Å². The van der Waals surface area contributed by atoms with Crippen LogP contribution < -0.4 is 5.73 Å². The van der Waals surface area contributed by atoms with Crippen LogP contribution in [0.4, 0.5) is 5.69 Å². The van der Waals surface area contributed by atoms with Gasteiger partial charge in [0.25, 0.3) is 0 Å². The number of aliphatic hydroxyl groups excluding tert-OH is 1. The number of nitrogens with zero attached hydrogens (tertiary/aromatic N) is 1. The molecule has 2 rings (SSSR count). The third-order valence-corrected chi connectivity index (χ3v) is 5.56. The molecule has 0 aromatic heterocycles. The minimum absolute atomic E-state index is 0.0227. The van der Waals surface area contributed by atoms with Crippen LogP contribution in [0.25, 0.3) is 0 Å². The minimum atomic E-state index is -3.47. The molecule has 0 radical (unpaired) electrons. The van der Waals surface area contributed by atoms with Crippen molar-refractivity contribution in [1.82, 2.24) is 4.31 Å². The molecule has 0 aliphatic carbocycles. The van der Waals surface area contributed by atoms with E-state index in [2.05, 4.69) is 15.9 Å². The van der Waals surface area contributed by atoms with E-state index >= 15 is 0 Å². The maximum atomic E-state index is 12.2. The molecule has 1 aromatic carbocycles. The van der Waals surface area contributed by atoms with Gasteiger partial charge in [0.05, 0.1) is 4.90 Å². The average molecular weight is 321 g/mol. The molecule has 17 heavy (non-hydrogen) atoms. The van der Waals surface area contributed by atoms with E-state index in [1.165, 1.54) is 10.4 Å². The number of benzene rings is 1. The maximum absolute atomic E-state index is 12.2. The number of anilines is 1. The third-order valence-electron chi connectivity index (χ3n) is 2.76. The summed E-state index contributed by atoms with van der Waals surface area (Å²) in [7, 11) is -3.47. The molecule has 1 saturated heterocycles. The van der Waals surface area contributed by atoms with Crippen LogP contribution in [0, 0.1) is 5.92 Å². The standard InChI is InChI=1S/C10H13BrN2O3S/c11-9-3-8(12)1-2-10(9)17(15,16)13-4-7(5-13)6-14/h1-3,7,14H,4-6,12H2. The Labute approximate surface area is 108 Å². The van der Waals surface area contributed by atoms with Crippen molar-refractivity contribution in [3.05, 3.63) is 22.7 Å². The first-order valence-corrected chi connectivity index (χ1v) is 7.34. The molecule has 1 aliphatic heterocycles. The summed E-state index contributed by atoms with van der Waals surface area (Å²) in [6, 6.07) is 4.61. The quantitative estimate of drug-likeness (QED) is 0.801. The highest BCUT2D eigenvalue weighted by atomic mass is 79.9. The Balaban J connectivity index is 2.27. The summed E-state index contributed by atoms with van der Waals surface area (Å²) in [6.07, 6.45) is 0. The SMILES string of the molecule is Nc1ccc(S(=O)(=O)N2CC(CO)C2)c(Br)c1. The summed E-state index contributed by atoms with van der Waals surface area (Å²) in [5.74, 6) is 0.0531. The van der Waals surface area contributed by atoms with E-state index in [0.717, 1.165) is 0 Å². The number of aliphatic hydroxyl groups is 1. The van der Waals surface area contributed by atoms with Crippen molar-refractivity contribution >= 4 is 31.6 Å². The molecule has 0 bridgehead atoms. The highest BCUT2D eigenvalue weighted by Crippen LogP contribution is 2.30. The Morgan fingerprint density at radius 2 is 2.12 bits per heavy atom. The second kappa shape index (κ2) is 4.56. The van der Waals surface area contributed by atoms with Crippen molar-refractivity contribution < 1.29 is 13.5 Å². The molecule has 1 aromatic rings. The second-order valence-corrected chi connectivity index (χ2v) is 6.82. The highest BCUT2D eigenvalue weighted by Gasteiger charge is 2.37. The maximum Gasteiger partial charge on any atom is 0.244 e. The Hall–Kier alpha value is -0.630. The molecule has 0 atom stereocenters. The first kappa shape index (κ1) is 12.8. The van der Waals surface area contributed by atoms with E-state index in [1.54, 1.807) is 12.1 Å². The molecule has 3 N–H and O–H groups in total. The number of nitrogen functional groups attached to an aromatic ring is 1. The van der Waals surface area contributed by atoms with Gasteiger partial charge in [-0.1, -0.05) is 0 Å². The minimum Gasteiger partial charge on any atom is -0.399 e. The van der Waals surface area contributed by atoms with E-state index in [-0.39, 0.29) is 17.4 Å². The summed E-state index contributed by atoms with van der Waals surface area (Å²) in [6.45, 7) is 0.764. The average Bonchev–Trinajstić information content (AvgIpc) is 2.14. The van der Waals surface area contributed by atoms with Crippen LogP contribution in [0.5, 0.6) is 0 Å². The Kier molecular flexibility index (Phi) is 3.44. The lowest BCUT2D eigenvalue weighted by Crippen LogP contribution is -2.51. The number of sulfonamides is 1. The van der Waals surface area contributed by atoms with Gasteiger partial charge in [-0.15, -0.1) is 0 Å². The lowest BCUT2D eigenvalue weighted by Gasteiger charge is -2.37. The van der Waals surface area contributed by atoms with Crippen molar-refractivity contribution in [2.45, 2.75) is 4.90 Å². The van der Waals surface area contributed by atoms with Gasteiger partial charge in [0, 0.05) is 35.8 Å². The lowest BCUT2D eigenvalue weighted by molar-refractivity contribution is 0.117. The van der Waals surface area contributed by atoms with Gasteiger partial charge in [0.15, 0.2) is 0 Å². The Bertz CT molecular complexity index is 526. The van der Waals surface area contributed by atoms with Crippen LogP contribution in [-0.4, -0.2) is 37.5 Å². The van der Waals surface area contributed by atoms with E-state index in [9.17, 15) is 8.42 Å². The van der Waals surface area contributed by atoms with Crippen molar-refractivity contribution in [1.29, 1.82) is 0 Å². The zero-order chi connectivity index (χ0) is 12.6. The smallest absolute Gasteiger partial charge is 0.244 e. The van der Waals surface area contributed by atoms with Gasteiger partial charge < -0.3 is 10.8 Å². The van der Waals surface area contributed by atoms with Crippen LogP contribution in [0.1, 0.15) is 0 Å². The fourth-order valence-electron chi connectivity index (χ4n) is 1.70. The molecule has 5 nitrogen and oxygen atoms in total. The summed E-state index contributed by atoms with van der Waals surface area (Å²) < 4.78 is 26.2. The number of nitrogens with two attached hydrogens (primary N) is 1. The molecule has 0 spiro atoms. The van der Waals surface area contributed by atoms with Crippen LogP contribution >= 0.6 is 15.9 Å². The molecule has 1 heterocycles. The predicted molar refractivity (Wildman–Crippen MR) is 67.9 cm³/mol. The zero-order valence-corrected chi connectivity index (χ0v) is 11.4. The Morgan fingerprint density at radius 3 is 2.65 bits per heavy atom. The number of rotatable bonds is 3. The molecular formula is C10H13BrN2O3S. The molecule has 94 valence electrons. The predicted octanol–water partition coefficient (Wildman–Crippen LogP) is 0.644. The molecular weight excluding hydrogens is 308 g/mol. The second-order valence-electron chi connectivity index (χ2n) is 4.06. The van der Waals surface area contributed by atoms with Gasteiger partial charge >= 0.3 is 0 Å². The summed E-state index contributed by atoms with van der Waals surface area (Å²) in [5.41, 5.74) is 6.07.